The lowest BCUT2D eigenvalue weighted by molar-refractivity contribution is -0.578. The summed E-state index contributed by atoms with van der Waals surface area (Å²) in [6.45, 7) is 2.16. The van der Waals surface area contributed by atoms with Crippen molar-refractivity contribution in [3.05, 3.63) is 52.6 Å². The van der Waals surface area contributed by atoms with Gasteiger partial charge < -0.3 is 25.8 Å². The van der Waals surface area contributed by atoms with Crippen molar-refractivity contribution in [3.8, 4) is 0 Å². The Labute approximate surface area is 212 Å². The number of nitrogens with two attached hydrogens (primary N) is 1. The number of rotatable bonds is 7. The van der Waals surface area contributed by atoms with Crippen molar-refractivity contribution < 1.29 is 28.8 Å². The molecule has 0 aliphatic carbocycles. The highest BCUT2D eigenvalue weighted by molar-refractivity contribution is 8.00. The smallest absolute Gasteiger partial charge is 0.308 e. The predicted octanol–water partition coefficient (Wildman–Crippen LogP) is -1.58. The quantitative estimate of drug-likeness (QED) is 0.159. The fraction of sp³-hybridized carbons (Fsp3) is 0.286. The molecule has 0 spiro atoms. The number of carbonyl (C=O) groups excluding carboxylic acids is 3. The largest absolute Gasteiger partial charge is 0.543 e. The molecule has 0 aromatic carbocycles. The van der Waals surface area contributed by atoms with E-state index in [-0.39, 0.29) is 28.8 Å². The molecular weight excluding hydrogens is 508 g/mol. The number of pyridine rings is 1. The molecule has 3 N–H and O–H groups in total. The second-order valence-corrected chi connectivity index (χ2v) is 10.1. The van der Waals surface area contributed by atoms with Crippen molar-refractivity contribution in [2.45, 2.75) is 24.9 Å². The van der Waals surface area contributed by atoms with E-state index in [1.165, 1.54) is 18.9 Å². The van der Waals surface area contributed by atoms with E-state index in [9.17, 15) is 19.5 Å². The maximum absolute atomic E-state index is 13.0. The van der Waals surface area contributed by atoms with Gasteiger partial charge in [0.25, 0.3) is 11.8 Å². The summed E-state index contributed by atoms with van der Waals surface area (Å²) in [4.78, 5) is 48.0. The molecule has 13 nitrogen and oxygen atoms in total. The molecule has 3 aromatic rings. The van der Waals surface area contributed by atoms with Gasteiger partial charge in [-0.15, -0.1) is 27.6 Å². The van der Waals surface area contributed by atoms with Gasteiger partial charge in [0, 0.05) is 22.8 Å². The van der Waals surface area contributed by atoms with Crippen molar-refractivity contribution in [2.75, 3.05) is 18.6 Å². The van der Waals surface area contributed by atoms with E-state index in [1.807, 2.05) is 29.8 Å². The third kappa shape index (κ3) is 4.05. The highest BCUT2D eigenvalue weighted by Gasteiger charge is 2.53. The molecule has 0 bridgehead atoms. The number of hydrogen-bond donors (Lipinski definition) is 2. The molecule has 2 atom stereocenters. The topological polar surface area (TPSA) is 172 Å². The van der Waals surface area contributed by atoms with Crippen LogP contribution in [0.1, 0.15) is 11.3 Å². The Hall–Kier alpha value is -3.98. The molecule has 1 fully saturated rings. The standard InChI is InChI=1S/C21H20N8O5S2/c1-10-3-4-28-13(5-10)27(9-23-28)6-11-7-35-19-15(18(31)29(19)16(11)20(32)33)25-17(30)14(26-34-2)12-8-36-21(22)24-12/h3-5,8-9,15,19H,6-7H2,1-2H3,(H3-,22,24,25,30,32,33)/b26-14-/t15-,19+/m1/s1. The molecule has 15 heteroatoms. The molecule has 3 aromatic heterocycles. The van der Waals surface area contributed by atoms with Crippen LogP contribution >= 0.6 is 23.1 Å². The van der Waals surface area contributed by atoms with Gasteiger partial charge in [-0.25, -0.2) is 9.55 Å². The van der Waals surface area contributed by atoms with Crippen LogP contribution in [0.2, 0.25) is 0 Å². The summed E-state index contributed by atoms with van der Waals surface area (Å²) in [7, 11) is 1.28. The number of thioether (sulfide) groups is 1. The Balaban J connectivity index is 1.38. The maximum atomic E-state index is 13.0. The average molecular weight is 529 g/mol. The van der Waals surface area contributed by atoms with E-state index < -0.39 is 29.2 Å². The van der Waals surface area contributed by atoms with Gasteiger partial charge in [-0.1, -0.05) is 5.16 Å². The van der Waals surface area contributed by atoms with Crippen LogP contribution in [-0.2, 0) is 25.8 Å². The number of carboxylic acid groups (broad SMARTS) is 1. The van der Waals surface area contributed by atoms with Crippen LogP contribution in [-0.4, -0.2) is 67.3 Å². The Kier molecular flexibility index (Phi) is 6.09. The Bertz CT molecular complexity index is 1460. The third-order valence-electron chi connectivity index (χ3n) is 5.73. The number of aromatic nitrogens is 4. The summed E-state index contributed by atoms with van der Waals surface area (Å²) in [5.74, 6) is -2.39. The Morgan fingerprint density at radius 2 is 2.25 bits per heavy atom. The second kappa shape index (κ2) is 9.23. The zero-order chi connectivity index (χ0) is 25.6. The van der Waals surface area contributed by atoms with E-state index >= 15 is 0 Å². The number of anilines is 1. The van der Waals surface area contributed by atoms with Gasteiger partial charge in [-0.3, -0.25) is 14.5 Å². The minimum absolute atomic E-state index is 0.145. The number of thiazole rings is 1. The summed E-state index contributed by atoms with van der Waals surface area (Å²) < 4.78 is 3.49. The molecule has 2 aliphatic heterocycles. The van der Waals surface area contributed by atoms with Gasteiger partial charge >= 0.3 is 5.65 Å². The summed E-state index contributed by atoms with van der Waals surface area (Å²) in [5.41, 5.74) is 7.83. The molecule has 5 heterocycles. The molecule has 0 radical (unpaired) electrons. The first-order chi connectivity index (χ1) is 17.3. The second-order valence-electron chi connectivity index (χ2n) is 8.06. The number of carboxylic acids is 1. The number of amides is 2. The van der Waals surface area contributed by atoms with E-state index in [1.54, 1.807) is 16.2 Å². The minimum Gasteiger partial charge on any atom is -0.543 e. The Morgan fingerprint density at radius 3 is 2.94 bits per heavy atom. The van der Waals surface area contributed by atoms with Crippen molar-refractivity contribution >= 4 is 57.4 Å². The number of nitrogens with one attached hydrogen (secondary N) is 1. The van der Waals surface area contributed by atoms with Gasteiger partial charge in [0.2, 0.25) is 6.33 Å². The third-order valence-corrected chi connectivity index (χ3v) is 7.74. The van der Waals surface area contributed by atoms with Crippen LogP contribution < -0.4 is 20.7 Å². The van der Waals surface area contributed by atoms with Crippen LogP contribution in [0.25, 0.3) is 5.65 Å². The van der Waals surface area contributed by atoms with Gasteiger partial charge in [0.05, 0.1) is 11.7 Å². The first kappa shape index (κ1) is 23.7. The lowest BCUT2D eigenvalue weighted by atomic mass is 10.0. The normalized spacial score (nSPS) is 19.8. The summed E-state index contributed by atoms with van der Waals surface area (Å²) in [5, 5.41) is 23.9. The van der Waals surface area contributed by atoms with Crippen LogP contribution in [0.4, 0.5) is 5.13 Å². The zero-order valence-corrected chi connectivity index (χ0v) is 20.7. The average Bonchev–Trinajstić information content (AvgIpc) is 3.46. The summed E-state index contributed by atoms with van der Waals surface area (Å²) >= 11 is 2.47. The van der Waals surface area contributed by atoms with Gasteiger partial charge in [0.1, 0.15) is 37.0 Å². The SMILES string of the molecule is CO/N=C(\C(=O)N[C@@H]1C(=O)N2C(C(=O)[O-])=C(Cn3cn[n+]4ccc(C)cc34)CS[C@@H]12)c1csc(N)n1. The van der Waals surface area contributed by atoms with E-state index in [0.29, 0.717) is 11.3 Å². The van der Waals surface area contributed by atoms with Crippen molar-refractivity contribution in [3.63, 3.8) is 0 Å². The van der Waals surface area contributed by atoms with Crippen LogP contribution in [0.3, 0.4) is 0 Å². The molecule has 36 heavy (non-hydrogen) atoms. The van der Waals surface area contributed by atoms with Gasteiger partial charge in [-0.2, -0.15) is 0 Å². The number of fused-ring (bicyclic) bond motifs is 2. The molecule has 0 unspecified atom stereocenters. The lowest BCUT2D eigenvalue weighted by Crippen LogP contribution is -2.71. The van der Waals surface area contributed by atoms with Crippen LogP contribution in [0.15, 0.2) is 46.5 Å². The number of hydrogen-bond acceptors (Lipinski definition) is 11. The molecule has 5 rings (SSSR count). The summed E-state index contributed by atoms with van der Waals surface area (Å²) in [6.07, 6.45) is 3.42. The number of nitrogen functional groups attached to an aromatic ring is 1. The fourth-order valence-corrected chi connectivity index (χ4v) is 5.98. The Morgan fingerprint density at radius 1 is 1.44 bits per heavy atom. The predicted molar refractivity (Wildman–Crippen MR) is 127 cm³/mol. The van der Waals surface area contributed by atoms with Crippen molar-refractivity contribution in [1.29, 1.82) is 0 Å². The molecule has 2 aliphatic rings. The van der Waals surface area contributed by atoms with Crippen molar-refractivity contribution in [1.82, 2.24) is 24.9 Å². The van der Waals surface area contributed by atoms with Crippen molar-refractivity contribution in [2.24, 2.45) is 5.16 Å². The fourth-order valence-electron chi connectivity index (χ4n) is 4.09. The maximum Gasteiger partial charge on any atom is 0.308 e. The lowest BCUT2D eigenvalue weighted by Gasteiger charge is -2.50. The van der Waals surface area contributed by atoms with Crippen LogP contribution in [0.5, 0.6) is 0 Å². The monoisotopic (exact) mass is 528 g/mol. The van der Waals surface area contributed by atoms with E-state index in [2.05, 4.69) is 20.6 Å². The highest BCUT2D eigenvalue weighted by Crippen LogP contribution is 2.40. The molecule has 186 valence electrons. The minimum atomic E-state index is -1.46. The number of oxime groups is 1. The molecular formula is C21H20N8O5S2. The van der Waals surface area contributed by atoms with Crippen LogP contribution in [0, 0.1) is 6.92 Å². The number of aliphatic carboxylic acids is 1. The van der Waals surface area contributed by atoms with E-state index in [4.69, 9.17) is 10.6 Å². The van der Waals surface area contributed by atoms with Gasteiger partial charge in [-0.05, 0) is 23.7 Å². The number of nitrogens with zero attached hydrogens (tertiary/aromatic N) is 6. The molecule has 1 saturated heterocycles. The summed E-state index contributed by atoms with van der Waals surface area (Å²) in [6, 6.07) is 2.89. The number of carbonyl (C=O) groups is 3. The number of aryl methyl sites for hydroxylation is 1. The zero-order valence-electron chi connectivity index (χ0n) is 19.1. The van der Waals surface area contributed by atoms with E-state index in [0.717, 1.165) is 27.4 Å². The number of β-lactam (4-membered cyclic amide) rings is 1. The first-order valence-corrected chi connectivity index (χ1v) is 12.6. The highest BCUT2D eigenvalue weighted by atomic mass is 32.2. The first-order valence-electron chi connectivity index (χ1n) is 10.6. The van der Waals surface area contributed by atoms with Gasteiger partial charge in [0.15, 0.2) is 10.8 Å². The molecule has 0 saturated carbocycles. The molecule has 2 amide bonds.